The first-order valence-corrected chi connectivity index (χ1v) is 7.00. The maximum absolute atomic E-state index is 5.50. The van der Waals surface area contributed by atoms with E-state index in [1.807, 2.05) is 13.8 Å². The van der Waals surface area contributed by atoms with E-state index in [4.69, 9.17) is 4.74 Å². The molecular weight excluding hydrogens is 282 g/mol. The summed E-state index contributed by atoms with van der Waals surface area (Å²) in [6, 6.07) is 0.399. The second kappa shape index (κ2) is 6.79. The summed E-state index contributed by atoms with van der Waals surface area (Å²) in [6.07, 6.45) is 1.57. The van der Waals surface area contributed by atoms with Crippen LogP contribution in [0.4, 0.5) is 5.82 Å². The van der Waals surface area contributed by atoms with E-state index in [-0.39, 0.29) is 0 Å². The molecular formula is C12H20BrN3O. The van der Waals surface area contributed by atoms with Crippen LogP contribution in [0.25, 0.3) is 0 Å². The fourth-order valence-corrected chi connectivity index (χ4v) is 2.08. The normalized spacial score (nSPS) is 10.7. The first-order chi connectivity index (χ1) is 8.11. The number of aromatic nitrogens is 2. The highest BCUT2D eigenvalue weighted by Gasteiger charge is 2.16. The highest BCUT2D eigenvalue weighted by molar-refractivity contribution is 9.09. The van der Waals surface area contributed by atoms with Crippen molar-refractivity contribution in [2.24, 2.45) is 0 Å². The molecule has 0 saturated heterocycles. The van der Waals surface area contributed by atoms with Gasteiger partial charge in [0.2, 0.25) is 5.88 Å². The molecule has 1 aromatic rings. The van der Waals surface area contributed by atoms with Crippen molar-refractivity contribution in [3.63, 3.8) is 0 Å². The number of alkyl halides is 1. The minimum Gasteiger partial charge on any atom is -0.478 e. The smallest absolute Gasteiger partial charge is 0.221 e. The van der Waals surface area contributed by atoms with Gasteiger partial charge in [-0.1, -0.05) is 15.9 Å². The lowest BCUT2D eigenvalue weighted by Crippen LogP contribution is -2.34. The molecule has 0 aromatic carbocycles. The van der Waals surface area contributed by atoms with Crippen molar-refractivity contribution in [1.29, 1.82) is 0 Å². The van der Waals surface area contributed by atoms with Crippen LogP contribution >= 0.6 is 15.9 Å². The summed E-state index contributed by atoms with van der Waals surface area (Å²) in [6.45, 7) is 9.82. The summed E-state index contributed by atoms with van der Waals surface area (Å²) in [7, 11) is 0. The molecule has 0 aliphatic heterocycles. The lowest BCUT2D eigenvalue weighted by atomic mass is 10.2. The van der Waals surface area contributed by atoms with Gasteiger partial charge >= 0.3 is 0 Å². The maximum Gasteiger partial charge on any atom is 0.221 e. The fourth-order valence-electron chi connectivity index (χ4n) is 1.70. The molecule has 96 valence electrons. The van der Waals surface area contributed by atoms with Gasteiger partial charge in [-0.05, 0) is 27.7 Å². The number of anilines is 1. The van der Waals surface area contributed by atoms with Crippen LogP contribution in [0.15, 0.2) is 6.33 Å². The zero-order valence-electron chi connectivity index (χ0n) is 10.9. The van der Waals surface area contributed by atoms with Crippen molar-refractivity contribution in [3.8, 4) is 5.88 Å². The molecule has 0 unspecified atom stereocenters. The molecule has 0 amide bonds. The van der Waals surface area contributed by atoms with Gasteiger partial charge in [0, 0.05) is 17.9 Å². The van der Waals surface area contributed by atoms with Crippen LogP contribution in [0.3, 0.4) is 0 Å². The monoisotopic (exact) mass is 301 g/mol. The lowest BCUT2D eigenvalue weighted by Gasteiger charge is -2.28. The standard InChI is InChI=1S/C12H20BrN3O/c1-5-17-12-10(4)11(14-8-15-12)16(7-6-13)9(2)3/h8-9H,5-7H2,1-4H3. The van der Waals surface area contributed by atoms with Gasteiger partial charge in [0.1, 0.15) is 12.1 Å². The van der Waals surface area contributed by atoms with Gasteiger partial charge in [0.05, 0.1) is 12.2 Å². The van der Waals surface area contributed by atoms with E-state index in [9.17, 15) is 0 Å². The van der Waals surface area contributed by atoms with Gasteiger partial charge in [-0.2, -0.15) is 0 Å². The Morgan fingerprint density at radius 1 is 1.41 bits per heavy atom. The van der Waals surface area contributed by atoms with Crippen molar-refractivity contribution in [1.82, 2.24) is 9.97 Å². The third kappa shape index (κ3) is 3.56. The molecule has 1 heterocycles. The van der Waals surface area contributed by atoms with Gasteiger partial charge in [-0.3, -0.25) is 0 Å². The number of ether oxygens (including phenoxy) is 1. The molecule has 0 aliphatic carbocycles. The molecule has 0 spiro atoms. The van der Waals surface area contributed by atoms with E-state index in [1.165, 1.54) is 0 Å². The Bertz CT molecular complexity index is 358. The zero-order chi connectivity index (χ0) is 12.8. The average Bonchev–Trinajstić information content (AvgIpc) is 2.29. The first kappa shape index (κ1) is 14.2. The largest absolute Gasteiger partial charge is 0.478 e. The Morgan fingerprint density at radius 3 is 2.65 bits per heavy atom. The average molecular weight is 302 g/mol. The second-order valence-corrected chi connectivity index (χ2v) is 4.83. The molecule has 0 radical (unpaired) electrons. The molecule has 0 atom stereocenters. The fraction of sp³-hybridized carbons (Fsp3) is 0.667. The molecule has 0 aliphatic rings. The summed E-state index contributed by atoms with van der Waals surface area (Å²) in [4.78, 5) is 10.8. The van der Waals surface area contributed by atoms with Crippen molar-refractivity contribution >= 4 is 21.7 Å². The minimum atomic E-state index is 0.399. The van der Waals surface area contributed by atoms with Gasteiger partial charge in [-0.15, -0.1) is 0 Å². The second-order valence-electron chi connectivity index (χ2n) is 4.04. The molecule has 0 saturated carbocycles. The van der Waals surface area contributed by atoms with Crippen LogP contribution in [-0.4, -0.2) is 34.5 Å². The summed E-state index contributed by atoms with van der Waals surface area (Å²) in [5.74, 6) is 1.63. The van der Waals surface area contributed by atoms with E-state index < -0.39 is 0 Å². The Labute approximate surface area is 112 Å². The Hall–Kier alpha value is -0.840. The number of rotatable bonds is 6. The van der Waals surface area contributed by atoms with E-state index in [2.05, 4.69) is 44.6 Å². The molecule has 0 bridgehead atoms. The molecule has 1 aromatic heterocycles. The number of nitrogens with zero attached hydrogens (tertiary/aromatic N) is 3. The van der Waals surface area contributed by atoms with Crippen LogP contribution in [0.5, 0.6) is 5.88 Å². The maximum atomic E-state index is 5.50. The quantitative estimate of drug-likeness (QED) is 0.757. The highest BCUT2D eigenvalue weighted by Crippen LogP contribution is 2.25. The molecule has 5 heteroatoms. The van der Waals surface area contributed by atoms with Crippen LogP contribution in [-0.2, 0) is 0 Å². The Balaban J connectivity index is 3.06. The Morgan fingerprint density at radius 2 is 2.12 bits per heavy atom. The van der Waals surface area contributed by atoms with E-state index >= 15 is 0 Å². The van der Waals surface area contributed by atoms with Gasteiger partial charge in [-0.25, -0.2) is 9.97 Å². The molecule has 1 rings (SSSR count). The molecule has 0 fully saturated rings. The van der Waals surface area contributed by atoms with Crippen molar-refractivity contribution < 1.29 is 4.74 Å². The van der Waals surface area contributed by atoms with Gasteiger partial charge in [0.25, 0.3) is 0 Å². The third-order valence-corrected chi connectivity index (χ3v) is 2.87. The predicted molar refractivity (Wildman–Crippen MR) is 74.2 cm³/mol. The topological polar surface area (TPSA) is 38.3 Å². The third-order valence-electron chi connectivity index (χ3n) is 2.51. The van der Waals surface area contributed by atoms with Crippen molar-refractivity contribution in [3.05, 3.63) is 11.9 Å². The predicted octanol–water partition coefficient (Wildman–Crippen LogP) is 2.79. The van der Waals surface area contributed by atoms with Gasteiger partial charge < -0.3 is 9.64 Å². The molecule has 17 heavy (non-hydrogen) atoms. The van der Waals surface area contributed by atoms with E-state index in [1.54, 1.807) is 6.33 Å². The Kier molecular flexibility index (Phi) is 5.68. The summed E-state index contributed by atoms with van der Waals surface area (Å²) >= 11 is 3.47. The van der Waals surface area contributed by atoms with Crippen LogP contribution < -0.4 is 9.64 Å². The van der Waals surface area contributed by atoms with Crippen molar-refractivity contribution in [2.75, 3.05) is 23.4 Å². The van der Waals surface area contributed by atoms with Crippen LogP contribution in [0.2, 0.25) is 0 Å². The number of hydrogen-bond acceptors (Lipinski definition) is 4. The molecule has 4 nitrogen and oxygen atoms in total. The van der Waals surface area contributed by atoms with E-state index in [0.717, 1.165) is 23.3 Å². The van der Waals surface area contributed by atoms with Gasteiger partial charge in [0.15, 0.2) is 0 Å². The first-order valence-electron chi connectivity index (χ1n) is 5.88. The van der Waals surface area contributed by atoms with Crippen LogP contribution in [0, 0.1) is 6.92 Å². The van der Waals surface area contributed by atoms with Crippen LogP contribution in [0.1, 0.15) is 26.3 Å². The lowest BCUT2D eigenvalue weighted by molar-refractivity contribution is 0.323. The molecule has 0 N–H and O–H groups in total. The summed E-state index contributed by atoms with van der Waals surface area (Å²) in [5.41, 5.74) is 1.00. The van der Waals surface area contributed by atoms with E-state index in [0.29, 0.717) is 18.5 Å². The number of halogens is 1. The summed E-state index contributed by atoms with van der Waals surface area (Å²) < 4.78 is 5.50. The van der Waals surface area contributed by atoms with Crippen molar-refractivity contribution in [2.45, 2.75) is 33.7 Å². The number of hydrogen-bond donors (Lipinski definition) is 0. The highest BCUT2D eigenvalue weighted by atomic mass is 79.9. The summed E-state index contributed by atoms with van der Waals surface area (Å²) in [5, 5.41) is 0.915. The zero-order valence-corrected chi connectivity index (χ0v) is 12.5. The minimum absolute atomic E-state index is 0.399. The SMILES string of the molecule is CCOc1ncnc(N(CCBr)C(C)C)c1C.